The number of nitrogens with zero attached hydrogens (tertiary/aromatic N) is 2. The molecule has 35 heavy (non-hydrogen) atoms. The molecule has 0 saturated carbocycles. The van der Waals surface area contributed by atoms with Gasteiger partial charge in [0.25, 0.3) is 5.56 Å². The fourth-order valence-electron chi connectivity index (χ4n) is 4.12. The number of anilines is 1. The molecule has 1 aliphatic heterocycles. The van der Waals surface area contributed by atoms with Gasteiger partial charge in [0, 0.05) is 35.9 Å². The first kappa shape index (κ1) is 23.3. The van der Waals surface area contributed by atoms with E-state index in [0.29, 0.717) is 46.6 Å². The molecule has 1 aliphatic rings. The zero-order chi connectivity index (χ0) is 24.4. The van der Waals surface area contributed by atoms with E-state index in [-0.39, 0.29) is 28.9 Å². The number of thioether (sulfide) groups is 1. The second kappa shape index (κ2) is 10.0. The third-order valence-corrected chi connectivity index (χ3v) is 6.80. The highest BCUT2D eigenvalue weighted by atomic mass is 32.2. The summed E-state index contributed by atoms with van der Waals surface area (Å²) in [4.78, 5) is 31.0. The van der Waals surface area contributed by atoms with Gasteiger partial charge >= 0.3 is 0 Å². The number of ether oxygens (including phenoxy) is 3. The minimum absolute atomic E-state index is 0.0543. The Morgan fingerprint density at radius 2 is 1.97 bits per heavy atom. The minimum atomic E-state index is -0.276. The number of para-hydroxylation sites is 1. The van der Waals surface area contributed by atoms with Crippen LogP contribution < -0.4 is 20.3 Å². The average molecular weight is 496 g/mol. The van der Waals surface area contributed by atoms with Crippen LogP contribution in [0.15, 0.2) is 56.8 Å². The highest BCUT2D eigenvalue weighted by Crippen LogP contribution is 2.29. The summed E-state index contributed by atoms with van der Waals surface area (Å²) < 4.78 is 23.7. The summed E-state index contributed by atoms with van der Waals surface area (Å²) in [5, 5.41) is 4.06. The van der Waals surface area contributed by atoms with Crippen molar-refractivity contribution >= 4 is 45.4 Å². The fraction of sp³-hybridized carbons (Fsp3) is 0.320. The number of hydrogen-bond acceptors (Lipinski definition) is 8. The van der Waals surface area contributed by atoms with Gasteiger partial charge in [-0.25, -0.2) is 4.98 Å². The summed E-state index contributed by atoms with van der Waals surface area (Å²) in [6, 6.07) is 12.5. The molecule has 2 aromatic heterocycles. The minimum Gasteiger partial charge on any atom is -0.497 e. The summed E-state index contributed by atoms with van der Waals surface area (Å²) in [7, 11) is 3.09. The Hall–Kier alpha value is -3.50. The molecule has 1 atom stereocenters. The number of hydrogen-bond donors (Lipinski definition) is 1. The van der Waals surface area contributed by atoms with Crippen molar-refractivity contribution < 1.29 is 23.4 Å². The van der Waals surface area contributed by atoms with Gasteiger partial charge in [-0.3, -0.25) is 14.2 Å². The maximum atomic E-state index is 13.4. The summed E-state index contributed by atoms with van der Waals surface area (Å²) >= 11 is 1.20. The Morgan fingerprint density at radius 3 is 2.69 bits per heavy atom. The molecule has 3 heterocycles. The van der Waals surface area contributed by atoms with Crippen LogP contribution >= 0.6 is 11.8 Å². The van der Waals surface area contributed by atoms with Gasteiger partial charge in [-0.2, -0.15) is 0 Å². The normalized spacial score (nSPS) is 15.5. The van der Waals surface area contributed by atoms with E-state index in [2.05, 4.69) is 5.32 Å². The quantitative estimate of drug-likeness (QED) is 0.288. The van der Waals surface area contributed by atoms with Gasteiger partial charge in [0.15, 0.2) is 5.16 Å². The molecule has 0 bridgehead atoms. The van der Waals surface area contributed by atoms with Crippen LogP contribution in [0.2, 0.25) is 0 Å². The standard InChI is InChI=1S/C25H25N3O6S/c1-31-17-10-15(11-18(12-17)32-2)26-21(29)14-35-25-27-22-19-7-3-4-8-20(19)34-23(22)24(30)28(25)13-16-6-5-9-33-16/h3-4,7-8,10-12,16H,5-6,9,13-14H2,1-2H3,(H,26,29)/t16-/m1/s1. The SMILES string of the molecule is COc1cc(NC(=O)CSc2nc3c(oc4ccccc43)c(=O)n2C[C@H]2CCCO2)cc(OC)c1. The highest BCUT2D eigenvalue weighted by Gasteiger charge is 2.23. The van der Waals surface area contributed by atoms with E-state index >= 15 is 0 Å². The van der Waals surface area contributed by atoms with Crippen molar-refractivity contribution in [1.82, 2.24) is 9.55 Å². The number of fused-ring (bicyclic) bond motifs is 3. The fourth-order valence-corrected chi connectivity index (χ4v) is 4.92. The lowest BCUT2D eigenvalue weighted by Crippen LogP contribution is -2.29. The van der Waals surface area contributed by atoms with Crippen LogP contribution in [0.25, 0.3) is 22.1 Å². The van der Waals surface area contributed by atoms with E-state index in [1.807, 2.05) is 24.3 Å². The molecular weight excluding hydrogens is 470 g/mol. The van der Waals surface area contributed by atoms with Gasteiger partial charge in [-0.05, 0) is 25.0 Å². The van der Waals surface area contributed by atoms with Crippen LogP contribution in [0.5, 0.6) is 11.5 Å². The Labute approximate surface area is 205 Å². The van der Waals surface area contributed by atoms with Crippen LogP contribution in [0.1, 0.15) is 12.8 Å². The summed E-state index contributed by atoms with van der Waals surface area (Å²) in [5.74, 6) is 0.937. The van der Waals surface area contributed by atoms with Crippen molar-refractivity contribution in [1.29, 1.82) is 0 Å². The lowest BCUT2D eigenvalue weighted by atomic mass is 10.2. The number of carbonyl (C=O) groups excluding carboxylic acids is 1. The van der Waals surface area contributed by atoms with Gasteiger partial charge < -0.3 is 23.9 Å². The molecule has 1 saturated heterocycles. The molecule has 0 radical (unpaired) electrons. The van der Waals surface area contributed by atoms with E-state index < -0.39 is 0 Å². The molecule has 182 valence electrons. The summed E-state index contributed by atoms with van der Waals surface area (Å²) in [6.45, 7) is 1.03. The summed E-state index contributed by atoms with van der Waals surface area (Å²) in [5.41, 5.74) is 1.58. The smallest absolute Gasteiger partial charge is 0.297 e. The third-order valence-electron chi connectivity index (χ3n) is 5.82. The molecule has 9 nitrogen and oxygen atoms in total. The lowest BCUT2D eigenvalue weighted by Gasteiger charge is -2.15. The van der Waals surface area contributed by atoms with Crippen LogP contribution in [-0.2, 0) is 16.1 Å². The molecule has 2 aromatic carbocycles. The largest absolute Gasteiger partial charge is 0.497 e. The lowest BCUT2D eigenvalue weighted by molar-refractivity contribution is -0.113. The van der Waals surface area contributed by atoms with Crippen LogP contribution in [0.3, 0.4) is 0 Å². The number of nitrogens with one attached hydrogen (secondary N) is 1. The first-order valence-electron chi connectivity index (χ1n) is 11.2. The van der Waals surface area contributed by atoms with Crippen molar-refractivity contribution in [3.05, 3.63) is 52.8 Å². The topological polar surface area (TPSA) is 105 Å². The zero-order valence-corrected chi connectivity index (χ0v) is 20.2. The monoisotopic (exact) mass is 495 g/mol. The van der Waals surface area contributed by atoms with E-state index in [1.165, 1.54) is 11.8 Å². The number of aromatic nitrogens is 2. The second-order valence-electron chi connectivity index (χ2n) is 8.16. The predicted octanol–water partition coefficient (Wildman–Crippen LogP) is 4.07. The van der Waals surface area contributed by atoms with Crippen molar-refractivity contribution in [2.45, 2.75) is 30.6 Å². The molecule has 4 aromatic rings. The van der Waals surface area contributed by atoms with Crippen LogP contribution in [0.4, 0.5) is 5.69 Å². The molecule has 1 fully saturated rings. The van der Waals surface area contributed by atoms with Crippen molar-refractivity contribution in [3.8, 4) is 11.5 Å². The van der Waals surface area contributed by atoms with E-state index in [9.17, 15) is 9.59 Å². The second-order valence-corrected chi connectivity index (χ2v) is 9.10. The number of furan rings is 1. The molecule has 5 rings (SSSR count). The molecule has 10 heteroatoms. The van der Waals surface area contributed by atoms with E-state index in [4.69, 9.17) is 23.6 Å². The number of benzene rings is 2. The molecule has 1 N–H and O–H groups in total. The summed E-state index contributed by atoms with van der Waals surface area (Å²) in [6.07, 6.45) is 1.75. The first-order valence-corrected chi connectivity index (χ1v) is 12.2. The Morgan fingerprint density at radius 1 is 1.20 bits per heavy atom. The van der Waals surface area contributed by atoms with Crippen LogP contribution in [-0.4, -0.2) is 48.1 Å². The van der Waals surface area contributed by atoms with Crippen molar-refractivity contribution in [2.75, 3.05) is 31.9 Å². The number of carbonyl (C=O) groups is 1. The zero-order valence-electron chi connectivity index (χ0n) is 19.4. The maximum Gasteiger partial charge on any atom is 0.297 e. The highest BCUT2D eigenvalue weighted by molar-refractivity contribution is 7.99. The molecule has 1 amide bonds. The predicted molar refractivity (Wildman–Crippen MR) is 134 cm³/mol. The van der Waals surface area contributed by atoms with Crippen LogP contribution in [0, 0.1) is 0 Å². The molecule has 0 spiro atoms. The van der Waals surface area contributed by atoms with Gasteiger partial charge in [0.05, 0.1) is 32.6 Å². The Bertz CT molecular complexity index is 1420. The first-order chi connectivity index (χ1) is 17.1. The van der Waals surface area contributed by atoms with Gasteiger partial charge in [0.1, 0.15) is 22.6 Å². The Kier molecular flexibility index (Phi) is 6.65. The molecule has 0 unspecified atom stereocenters. The van der Waals surface area contributed by atoms with E-state index in [1.54, 1.807) is 37.0 Å². The number of rotatable bonds is 8. The Balaban J connectivity index is 1.43. The molecular formula is C25H25N3O6S. The van der Waals surface area contributed by atoms with Gasteiger partial charge in [-0.15, -0.1) is 0 Å². The third kappa shape index (κ3) is 4.85. The van der Waals surface area contributed by atoms with E-state index in [0.717, 1.165) is 18.2 Å². The maximum absolute atomic E-state index is 13.4. The number of methoxy groups -OCH3 is 2. The van der Waals surface area contributed by atoms with Gasteiger partial charge in [-0.1, -0.05) is 23.9 Å². The van der Waals surface area contributed by atoms with Gasteiger partial charge in [0.2, 0.25) is 11.5 Å². The average Bonchev–Trinajstić information content (AvgIpc) is 3.52. The van der Waals surface area contributed by atoms with Crippen molar-refractivity contribution in [3.63, 3.8) is 0 Å². The number of amides is 1. The van der Waals surface area contributed by atoms with Crippen molar-refractivity contribution in [2.24, 2.45) is 0 Å². The molecule has 0 aliphatic carbocycles.